The SMILES string of the molecule is C[N+](C)(C)CCOP(=O)([O-])OCCN.Cl. The van der Waals surface area contributed by atoms with Gasteiger partial charge in [0.2, 0.25) is 0 Å². The fourth-order valence-corrected chi connectivity index (χ4v) is 1.34. The smallest absolute Gasteiger partial charge is 0.268 e. The van der Waals surface area contributed by atoms with Gasteiger partial charge in [-0.05, 0) is 0 Å². The molecular weight excluding hydrogens is 243 g/mol. The van der Waals surface area contributed by atoms with Gasteiger partial charge >= 0.3 is 0 Å². The lowest BCUT2D eigenvalue weighted by molar-refractivity contribution is -0.870. The van der Waals surface area contributed by atoms with E-state index in [1.165, 1.54) is 0 Å². The van der Waals surface area contributed by atoms with E-state index in [-0.39, 0.29) is 32.2 Å². The fraction of sp³-hybridized carbons (Fsp3) is 1.00. The summed E-state index contributed by atoms with van der Waals surface area (Å²) in [5.74, 6) is 0. The van der Waals surface area contributed by atoms with Gasteiger partial charge in [-0.25, -0.2) is 0 Å². The normalized spacial score (nSPS) is 15.5. The summed E-state index contributed by atoms with van der Waals surface area (Å²) in [6, 6.07) is 0. The van der Waals surface area contributed by atoms with Gasteiger partial charge in [-0.1, -0.05) is 0 Å². The molecule has 0 rings (SSSR count). The van der Waals surface area contributed by atoms with E-state index < -0.39 is 7.82 Å². The van der Waals surface area contributed by atoms with Gasteiger partial charge in [-0.15, -0.1) is 12.4 Å². The lowest BCUT2D eigenvalue weighted by Crippen LogP contribution is -2.37. The van der Waals surface area contributed by atoms with E-state index in [2.05, 4.69) is 9.05 Å². The van der Waals surface area contributed by atoms with E-state index >= 15 is 0 Å². The zero-order valence-corrected chi connectivity index (χ0v) is 11.1. The molecule has 0 aromatic heterocycles. The Hall–Kier alpha value is 0.320. The molecule has 0 aromatic carbocycles. The molecule has 0 radical (unpaired) electrons. The first kappa shape index (κ1) is 17.7. The third-order valence-electron chi connectivity index (χ3n) is 1.38. The average Bonchev–Trinajstić information content (AvgIpc) is 1.98. The highest BCUT2D eigenvalue weighted by Crippen LogP contribution is 2.37. The predicted octanol–water partition coefficient (Wildman–Crippen LogP) is -0.425. The number of likely N-dealkylation sites (N-methyl/N-ethyl adjacent to an activating group) is 1. The Morgan fingerprint density at radius 3 is 2.13 bits per heavy atom. The Kier molecular flexibility index (Phi) is 8.94. The highest BCUT2D eigenvalue weighted by Gasteiger charge is 2.12. The minimum Gasteiger partial charge on any atom is -0.756 e. The van der Waals surface area contributed by atoms with Crippen LogP contribution in [0.3, 0.4) is 0 Å². The van der Waals surface area contributed by atoms with Crippen molar-refractivity contribution in [3.63, 3.8) is 0 Å². The largest absolute Gasteiger partial charge is 0.756 e. The molecule has 6 nitrogen and oxygen atoms in total. The van der Waals surface area contributed by atoms with Crippen LogP contribution in [0.25, 0.3) is 0 Å². The maximum absolute atomic E-state index is 11.0. The highest BCUT2D eigenvalue weighted by atomic mass is 35.5. The molecule has 0 bridgehead atoms. The first-order valence-corrected chi connectivity index (χ1v) is 5.83. The van der Waals surface area contributed by atoms with Crippen molar-refractivity contribution < 1.29 is 23.0 Å². The summed E-state index contributed by atoms with van der Waals surface area (Å²) in [6.45, 7) is 0.836. The molecule has 8 heteroatoms. The van der Waals surface area contributed by atoms with Crippen LogP contribution >= 0.6 is 20.2 Å². The molecule has 2 N–H and O–H groups in total. The van der Waals surface area contributed by atoms with Crippen molar-refractivity contribution in [1.82, 2.24) is 0 Å². The van der Waals surface area contributed by atoms with Gasteiger partial charge in [0, 0.05) is 6.54 Å². The number of quaternary nitrogens is 1. The number of nitrogens with zero attached hydrogens (tertiary/aromatic N) is 1. The molecule has 0 heterocycles. The number of phosphoric ester groups is 1. The molecule has 15 heavy (non-hydrogen) atoms. The molecule has 0 saturated heterocycles. The number of phosphoric acid groups is 1. The lowest BCUT2D eigenvalue weighted by Gasteiger charge is -2.27. The van der Waals surface area contributed by atoms with E-state index in [9.17, 15) is 9.46 Å². The van der Waals surface area contributed by atoms with E-state index in [0.717, 1.165) is 0 Å². The molecule has 0 aliphatic carbocycles. The molecule has 1 atom stereocenters. The second-order valence-corrected chi connectivity index (χ2v) is 5.33. The molecule has 0 amide bonds. The second-order valence-electron chi connectivity index (χ2n) is 3.92. The number of nitrogens with two attached hydrogens (primary N) is 1. The zero-order valence-electron chi connectivity index (χ0n) is 9.34. The van der Waals surface area contributed by atoms with Crippen molar-refractivity contribution >= 4 is 20.2 Å². The molecule has 0 saturated carbocycles. The van der Waals surface area contributed by atoms with Crippen molar-refractivity contribution in [3.05, 3.63) is 0 Å². The molecule has 0 spiro atoms. The van der Waals surface area contributed by atoms with Crippen LogP contribution < -0.4 is 10.6 Å². The molecule has 0 aliphatic rings. The lowest BCUT2D eigenvalue weighted by atomic mass is 10.5. The zero-order chi connectivity index (χ0) is 11.2. The molecule has 94 valence electrons. The van der Waals surface area contributed by atoms with Crippen LogP contribution in [0.15, 0.2) is 0 Å². The predicted molar refractivity (Wildman–Crippen MR) is 58.7 cm³/mol. The van der Waals surface area contributed by atoms with Crippen molar-refractivity contribution in [2.75, 3.05) is 47.4 Å². The van der Waals surface area contributed by atoms with Gasteiger partial charge < -0.3 is 24.2 Å². The number of hydrogen-bond acceptors (Lipinski definition) is 5. The van der Waals surface area contributed by atoms with Gasteiger partial charge in [-0.3, -0.25) is 4.57 Å². The third kappa shape index (κ3) is 12.3. The van der Waals surface area contributed by atoms with Gasteiger partial charge in [0.1, 0.15) is 13.2 Å². The summed E-state index contributed by atoms with van der Waals surface area (Å²) < 4.78 is 20.7. The first-order valence-electron chi connectivity index (χ1n) is 4.37. The number of halogens is 1. The van der Waals surface area contributed by atoms with Crippen LogP contribution in [0.2, 0.25) is 0 Å². The molecule has 1 unspecified atom stereocenters. The summed E-state index contributed by atoms with van der Waals surface area (Å²) >= 11 is 0. The van der Waals surface area contributed by atoms with Crippen LogP contribution in [0.5, 0.6) is 0 Å². The Morgan fingerprint density at radius 2 is 1.73 bits per heavy atom. The quantitative estimate of drug-likeness (QED) is 0.497. The van der Waals surface area contributed by atoms with Gasteiger partial charge in [0.15, 0.2) is 0 Å². The Labute approximate surface area is 97.0 Å². The van der Waals surface area contributed by atoms with Crippen molar-refractivity contribution in [3.8, 4) is 0 Å². The minimum absolute atomic E-state index is 0. The number of rotatable bonds is 7. The number of hydrogen-bond donors (Lipinski definition) is 1. The van der Waals surface area contributed by atoms with Gasteiger partial charge in [-0.2, -0.15) is 0 Å². The van der Waals surface area contributed by atoms with E-state index in [4.69, 9.17) is 5.73 Å². The summed E-state index contributed by atoms with van der Waals surface area (Å²) in [7, 11) is 1.70. The van der Waals surface area contributed by atoms with E-state index in [1.54, 1.807) is 0 Å². The monoisotopic (exact) mass is 262 g/mol. The molecule has 0 aromatic rings. The van der Waals surface area contributed by atoms with Crippen LogP contribution in [-0.4, -0.2) is 51.9 Å². The Balaban J connectivity index is 0. The minimum atomic E-state index is -4.14. The van der Waals surface area contributed by atoms with Crippen molar-refractivity contribution in [2.45, 2.75) is 0 Å². The first-order chi connectivity index (χ1) is 6.27. The second kappa shape index (κ2) is 7.57. The maximum atomic E-state index is 11.0. The molecule has 0 fully saturated rings. The van der Waals surface area contributed by atoms with Crippen LogP contribution in [0.1, 0.15) is 0 Å². The Morgan fingerprint density at radius 1 is 1.27 bits per heavy atom. The summed E-state index contributed by atoms with van der Waals surface area (Å²) in [5.41, 5.74) is 5.09. The van der Waals surface area contributed by atoms with Crippen molar-refractivity contribution in [2.24, 2.45) is 5.73 Å². The average molecular weight is 263 g/mol. The van der Waals surface area contributed by atoms with Gasteiger partial charge in [0.25, 0.3) is 7.82 Å². The standard InChI is InChI=1S/C7H19N2O4P.ClH/c1-9(2,3)5-7-13-14(10,11)12-6-4-8;/h4-8H2,1-3H3;1H. The topological polar surface area (TPSA) is 84.6 Å². The highest BCUT2D eigenvalue weighted by molar-refractivity contribution is 7.45. The van der Waals surface area contributed by atoms with Gasteiger partial charge in [0.05, 0.1) is 27.7 Å². The summed E-state index contributed by atoms with van der Waals surface area (Å²) in [6.07, 6.45) is 0. The molecule has 0 aliphatic heterocycles. The van der Waals surface area contributed by atoms with E-state index in [0.29, 0.717) is 11.0 Å². The van der Waals surface area contributed by atoms with Crippen LogP contribution in [0, 0.1) is 0 Å². The summed E-state index contributed by atoms with van der Waals surface area (Å²) in [4.78, 5) is 11.0. The third-order valence-corrected chi connectivity index (χ3v) is 2.38. The summed E-state index contributed by atoms with van der Waals surface area (Å²) in [5, 5.41) is 0. The molecular formula is C7H20ClN2O4P. The van der Waals surface area contributed by atoms with Crippen LogP contribution in [-0.2, 0) is 13.6 Å². The fourth-order valence-electron chi connectivity index (χ4n) is 0.628. The Bertz CT molecular complexity index is 210. The van der Waals surface area contributed by atoms with Crippen LogP contribution in [0.4, 0.5) is 0 Å². The van der Waals surface area contributed by atoms with E-state index in [1.807, 2.05) is 21.1 Å². The maximum Gasteiger partial charge on any atom is 0.268 e. The van der Waals surface area contributed by atoms with Crippen molar-refractivity contribution in [1.29, 1.82) is 0 Å².